The predicted molar refractivity (Wildman–Crippen MR) is 81.1 cm³/mol. The number of hydrogen-bond donors (Lipinski definition) is 1. The van der Waals surface area contributed by atoms with E-state index < -0.39 is 11.2 Å². The Balaban J connectivity index is 2.07. The van der Waals surface area contributed by atoms with Crippen LogP contribution >= 0.6 is 0 Å². The van der Waals surface area contributed by atoms with E-state index in [0.29, 0.717) is 5.56 Å². The second-order valence-electron chi connectivity index (χ2n) is 5.12. The third-order valence-electron chi connectivity index (χ3n) is 3.59. The van der Waals surface area contributed by atoms with Gasteiger partial charge in [-0.3, -0.25) is 18.7 Å². The van der Waals surface area contributed by atoms with E-state index in [9.17, 15) is 14.4 Å². The number of imidazole rings is 1. The topological polar surface area (TPSA) is 89.8 Å². The van der Waals surface area contributed by atoms with Crippen LogP contribution in [0.3, 0.4) is 0 Å². The molecule has 0 spiro atoms. The van der Waals surface area contributed by atoms with Gasteiger partial charge in [0.2, 0.25) is 0 Å². The summed E-state index contributed by atoms with van der Waals surface area (Å²) in [6.07, 6.45) is 1.34. The number of ketones is 1. The molecule has 0 amide bonds. The van der Waals surface area contributed by atoms with Crippen LogP contribution < -0.4 is 11.2 Å². The Morgan fingerprint density at radius 2 is 1.91 bits per heavy atom. The van der Waals surface area contributed by atoms with Crippen LogP contribution in [0.4, 0.5) is 0 Å². The summed E-state index contributed by atoms with van der Waals surface area (Å²) in [7, 11) is 1.51. The number of rotatable bonds is 3. The van der Waals surface area contributed by atoms with Crippen molar-refractivity contribution in [1.29, 1.82) is 0 Å². The van der Waals surface area contributed by atoms with Crippen molar-refractivity contribution in [2.75, 3.05) is 0 Å². The standard InChI is InChI=1S/C15H14N4O3/c1-9-3-5-10(6-4-9)11(20)7-19-14(21)12-13(17-8-16-12)18(2)15(19)22/h3-6,8H,7H2,1-2H3,(H,16,17). The molecule has 2 heterocycles. The Kier molecular flexibility index (Phi) is 3.25. The van der Waals surface area contributed by atoms with Gasteiger partial charge in [0.25, 0.3) is 5.56 Å². The lowest BCUT2D eigenvalue weighted by Crippen LogP contribution is -2.40. The molecule has 1 N–H and O–H groups in total. The van der Waals surface area contributed by atoms with Gasteiger partial charge in [-0.2, -0.15) is 0 Å². The second-order valence-corrected chi connectivity index (χ2v) is 5.12. The summed E-state index contributed by atoms with van der Waals surface area (Å²) in [5, 5.41) is 0. The molecule has 2 aromatic heterocycles. The maximum Gasteiger partial charge on any atom is 0.332 e. The highest BCUT2D eigenvalue weighted by atomic mass is 16.2. The molecule has 112 valence electrons. The molecule has 7 nitrogen and oxygen atoms in total. The largest absolute Gasteiger partial charge is 0.339 e. The molecule has 0 fully saturated rings. The smallest absolute Gasteiger partial charge is 0.332 e. The zero-order chi connectivity index (χ0) is 15.9. The van der Waals surface area contributed by atoms with E-state index in [1.807, 2.05) is 19.1 Å². The van der Waals surface area contributed by atoms with Gasteiger partial charge in [-0.1, -0.05) is 29.8 Å². The van der Waals surface area contributed by atoms with E-state index in [-0.39, 0.29) is 23.5 Å². The fourth-order valence-electron chi connectivity index (χ4n) is 2.31. The first-order valence-electron chi connectivity index (χ1n) is 6.72. The maximum atomic E-state index is 12.3. The summed E-state index contributed by atoms with van der Waals surface area (Å²) in [4.78, 5) is 43.5. The van der Waals surface area contributed by atoms with E-state index in [2.05, 4.69) is 9.97 Å². The Bertz CT molecular complexity index is 977. The molecular formula is C15H14N4O3. The zero-order valence-corrected chi connectivity index (χ0v) is 12.2. The number of aromatic nitrogens is 4. The molecule has 0 aliphatic heterocycles. The van der Waals surface area contributed by atoms with Gasteiger partial charge in [0.05, 0.1) is 12.9 Å². The number of aromatic amines is 1. The van der Waals surface area contributed by atoms with Gasteiger partial charge in [-0.25, -0.2) is 9.78 Å². The number of carbonyl (C=O) groups is 1. The van der Waals surface area contributed by atoms with E-state index in [1.54, 1.807) is 12.1 Å². The van der Waals surface area contributed by atoms with Gasteiger partial charge < -0.3 is 4.98 Å². The van der Waals surface area contributed by atoms with Crippen LogP contribution in [-0.4, -0.2) is 24.9 Å². The fraction of sp³-hybridized carbons (Fsp3) is 0.200. The molecule has 7 heteroatoms. The Morgan fingerprint density at radius 3 is 2.59 bits per heavy atom. The first kappa shape index (κ1) is 14.0. The monoisotopic (exact) mass is 298 g/mol. The van der Waals surface area contributed by atoms with Crippen molar-refractivity contribution in [3.63, 3.8) is 0 Å². The second kappa shape index (κ2) is 5.10. The average Bonchev–Trinajstić information content (AvgIpc) is 2.99. The molecule has 0 radical (unpaired) electrons. The third kappa shape index (κ3) is 2.16. The quantitative estimate of drug-likeness (QED) is 0.718. The molecule has 0 aliphatic rings. The number of Topliss-reactive ketones (excluding diaryl/α,β-unsaturated/α-hetero) is 1. The summed E-state index contributed by atoms with van der Waals surface area (Å²) in [5.74, 6) is -0.293. The van der Waals surface area contributed by atoms with Crippen LogP contribution in [0.15, 0.2) is 40.2 Å². The van der Waals surface area contributed by atoms with Crippen LogP contribution in [0.5, 0.6) is 0 Å². The Hall–Kier alpha value is -2.96. The third-order valence-corrected chi connectivity index (χ3v) is 3.59. The number of nitrogens with one attached hydrogen (secondary N) is 1. The molecule has 22 heavy (non-hydrogen) atoms. The van der Waals surface area contributed by atoms with Crippen molar-refractivity contribution in [3.05, 3.63) is 62.6 Å². The minimum absolute atomic E-state index is 0.207. The van der Waals surface area contributed by atoms with Crippen LogP contribution in [0, 0.1) is 6.92 Å². The molecule has 0 atom stereocenters. The van der Waals surface area contributed by atoms with Gasteiger partial charge in [0.15, 0.2) is 11.4 Å². The molecule has 0 aliphatic carbocycles. The molecule has 3 aromatic rings. The van der Waals surface area contributed by atoms with Crippen molar-refractivity contribution in [3.8, 4) is 0 Å². The predicted octanol–water partition coefficient (Wildman–Crippen LogP) is 0.615. The van der Waals surface area contributed by atoms with Gasteiger partial charge in [-0.05, 0) is 6.92 Å². The fourth-order valence-corrected chi connectivity index (χ4v) is 2.31. The first-order valence-corrected chi connectivity index (χ1v) is 6.72. The van der Waals surface area contributed by atoms with Crippen LogP contribution in [0.1, 0.15) is 15.9 Å². The highest BCUT2D eigenvalue weighted by molar-refractivity contribution is 5.96. The van der Waals surface area contributed by atoms with Crippen LogP contribution in [0.25, 0.3) is 11.2 Å². The average molecular weight is 298 g/mol. The lowest BCUT2D eigenvalue weighted by Gasteiger charge is -2.07. The van der Waals surface area contributed by atoms with Crippen molar-refractivity contribution >= 4 is 16.9 Å². The zero-order valence-electron chi connectivity index (χ0n) is 12.2. The minimum atomic E-state index is -0.565. The van der Waals surface area contributed by atoms with Crippen molar-refractivity contribution in [2.24, 2.45) is 7.05 Å². The minimum Gasteiger partial charge on any atom is -0.339 e. The molecule has 1 aromatic carbocycles. The van der Waals surface area contributed by atoms with Crippen molar-refractivity contribution in [2.45, 2.75) is 13.5 Å². The molecule has 0 saturated heterocycles. The summed E-state index contributed by atoms with van der Waals surface area (Å²) in [6, 6.07) is 6.99. The lowest BCUT2D eigenvalue weighted by atomic mass is 10.1. The number of hydrogen-bond acceptors (Lipinski definition) is 4. The Morgan fingerprint density at radius 1 is 1.23 bits per heavy atom. The lowest BCUT2D eigenvalue weighted by molar-refractivity contribution is 0.0969. The number of aryl methyl sites for hydroxylation is 2. The first-order chi connectivity index (χ1) is 10.5. The number of carbonyl (C=O) groups excluding carboxylic acids is 1. The van der Waals surface area contributed by atoms with Gasteiger partial charge in [-0.15, -0.1) is 0 Å². The molecule has 0 unspecified atom stereocenters. The molecular weight excluding hydrogens is 284 g/mol. The van der Waals surface area contributed by atoms with E-state index in [4.69, 9.17) is 0 Å². The summed E-state index contributed by atoms with van der Waals surface area (Å²) < 4.78 is 2.17. The van der Waals surface area contributed by atoms with E-state index >= 15 is 0 Å². The SMILES string of the molecule is Cc1ccc(C(=O)Cn2c(=O)c3[nH]cnc3n(C)c2=O)cc1. The normalized spacial score (nSPS) is 11.0. The van der Waals surface area contributed by atoms with Crippen molar-refractivity contribution < 1.29 is 4.79 Å². The van der Waals surface area contributed by atoms with Gasteiger partial charge in [0.1, 0.15) is 5.52 Å². The highest BCUT2D eigenvalue weighted by Crippen LogP contribution is 2.05. The number of fused-ring (bicyclic) bond motifs is 1. The summed E-state index contributed by atoms with van der Waals surface area (Å²) in [5.41, 5.74) is 0.863. The summed E-state index contributed by atoms with van der Waals surface area (Å²) >= 11 is 0. The number of H-pyrrole nitrogens is 1. The molecule has 0 bridgehead atoms. The van der Waals surface area contributed by atoms with E-state index in [0.717, 1.165) is 10.1 Å². The van der Waals surface area contributed by atoms with Gasteiger partial charge in [0, 0.05) is 12.6 Å². The maximum absolute atomic E-state index is 12.3. The number of nitrogens with zero attached hydrogens (tertiary/aromatic N) is 3. The number of benzene rings is 1. The molecule has 3 rings (SSSR count). The highest BCUT2D eigenvalue weighted by Gasteiger charge is 2.16. The van der Waals surface area contributed by atoms with Crippen LogP contribution in [0.2, 0.25) is 0 Å². The summed E-state index contributed by atoms with van der Waals surface area (Å²) in [6.45, 7) is 1.62. The molecule has 0 saturated carbocycles. The van der Waals surface area contributed by atoms with Crippen LogP contribution in [-0.2, 0) is 13.6 Å². The van der Waals surface area contributed by atoms with Gasteiger partial charge >= 0.3 is 5.69 Å². The van der Waals surface area contributed by atoms with E-state index in [1.165, 1.54) is 17.9 Å². The Labute approximate surface area is 124 Å². The van der Waals surface area contributed by atoms with Crippen molar-refractivity contribution in [1.82, 2.24) is 19.1 Å².